The van der Waals surface area contributed by atoms with E-state index >= 15 is 0 Å². The normalized spacial score (nSPS) is 40.3. The standard InChI is InChI=1S/C14H27NO/c1-13(2)7-5-8-14(16,10-9-13)12-6-3-4-11-15-12/h12,15-16H,3-11H2,1-2H3. The second-order valence-corrected chi connectivity index (χ2v) is 6.62. The zero-order valence-corrected chi connectivity index (χ0v) is 10.9. The van der Waals surface area contributed by atoms with Crippen molar-refractivity contribution < 1.29 is 5.11 Å². The molecule has 2 aliphatic rings. The predicted molar refractivity (Wildman–Crippen MR) is 67.5 cm³/mol. The second-order valence-electron chi connectivity index (χ2n) is 6.62. The van der Waals surface area contributed by atoms with E-state index in [-0.39, 0.29) is 0 Å². The molecule has 0 aromatic heterocycles. The van der Waals surface area contributed by atoms with Gasteiger partial charge < -0.3 is 10.4 Å². The predicted octanol–water partition coefficient (Wildman–Crippen LogP) is 2.85. The van der Waals surface area contributed by atoms with Crippen molar-refractivity contribution in [3.05, 3.63) is 0 Å². The highest BCUT2D eigenvalue weighted by Crippen LogP contribution is 2.40. The Kier molecular flexibility index (Phi) is 3.60. The molecule has 0 spiro atoms. The molecule has 1 aliphatic heterocycles. The Bertz CT molecular complexity index is 233. The van der Waals surface area contributed by atoms with Crippen LogP contribution in [0.15, 0.2) is 0 Å². The van der Waals surface area contributed by atoms with Crippen LogP contribution < -0.4 is 5.32 Å². The van der Waals surface area contributed by atoms with E-state index in [9.17, 15) is 5.11 Å². The molecule has 1 saturated carbocycles. The van der Waals surface area contributed by atoms with Gasteiger partial charge in [-0.15, -0.1) is 0 Å². The quantitative estimate of drug-likeness (QED) is 0.673. The summed E-state index contributed by atoms with van der Waals surface area (Å²) < 4.78 is 0. The van der Waals surface area contributed by atoms with Crippen LogP contribution in [-0.2, 0) is 0 Å². The van der Waals surface area contributed by atoms with Crippen LogP contribution in [0.4, 0.5) is 0 Å². The maximum Gasteiger partial charge on any atom is 0.0800 e. The van der Waals surface area contributed by atoms with Gasteiger partial charge in [0.2, 0.25) is 0 Å². The zero-order valence-electron chi connectivity index (χ0n) is 10.9. The summed E-state index contributed by atoms with van der Waals surface area (Å²) in [5, 5.41) is 14.4. The van der Waals surface area contributed by atoms with Gasteiger partial charge in [0.25, 0.3) is 0 Å². The van der Waals surface area contributed by atoms with Gasteiger partial charge in [-0.05, 0) is 50.5 Å². The minimum absolute atomic E-state index is 0.357. The molecule has 0 aromatic rings. The van der Waals surface area contributed by atoms with E-state index in [4.69, 9.17) is 0 Å². The molecule has 94 valence electrons. The Hall–Kier alpha value is -0.0800. The summed E-state index contributed by atoms with van der Waals surface area (Å²) in [7, 11) is 0. The van der Waals surface area contributed by atoms with Crippen molar-refractivity contribution in [3.8, 4) is 0 Å². The Labute approximate surface area is 99.8 Å². The lowest BCUT2D eigenvalue weighted by atomic mass is 9.80. The minimum Gasteiger partial charge on any atom is -0.388 e. The molecule has 0 amide bonds. The molecule has 2 atom stereocenters. The fraction of sp³-hybridized carbons (Fsp3) is 1.00. The average molecular weight is 225 g/mol. The monoisotopic (exact) mass is 225 g/mol. The van der Waals surface area contributed by atoms with Crippen LogP contribution in [0.5, 0.6) is 0 Å². The van der Waals surface area contributed by atoms with Crippen LogP contribution in [0, 0.1) is 5.41 Å². The number of hydrogen-bond acceptors (Lipinski definition) is 2. The molecule has 0 radical (unpaired) electrons. The van der Waals surface area contributed by atoms with Crippen LogP contribution in [0.2, 0.25) is 0 Å². The molecule has 1 heterocycles. The highest BCUT2D eigenvalue weighted by atomic mass is 16.3. The van der Waals surface area contributed by atoms with E-state index in [0.717, 1.165) is 25.8 Å². The average Bonchev–Trinajstić information content (AvgIpc) is 2.41. The lowest BCUT2D eigenvalue weighted by Gasteiger charge is -2.39. The first-order valence-corrected chi connectivity index (χ1v) is 6.98. The minimum atomic E-state index is -0.422. The summed E-state index contributed by atoms with van der Waals surface area (Å²) in [5.74, 6) is 0. The van der Waals surface area contributed by atoms with Gasteiger partial charge in [-0.2, -0.15) is 0 Å². The molecule has 16 heavy (non-hydrogen) atoms. The number of piperidine rings is 1. The summed E-state index contributed by atoms with van der Waals surface area (Å²) in [5.41, 5.74) is 0.00728. The molecule has 1 saturated heterocycles. The molecule has 0 aromatic carbocycles. The molecule has 2 fully saturated rings. The van der Waals surface area contributed by atoms with E-state index in [0.29, 0.717) is 11.5 Å². The second kappa shape index (κ2) is 4.66. The lowest BCUT2D eigenvalue weighted by molar-refractivity contribution is -0.0222. The molecule has 2 rings (SSSR count). The summed E-state index contributed by atoms with van der Waals surface area (Å²) in [6.07, 6.45) is 9.32. The fourth-order valence-electron chi connectivity index (χ4n) is 3.34. The van der Waals surface area contributed by atoms with Crippen molar-refractivity contribution in [2.75, 3.05) is 6.54 Å². The molecular formula is C14H27NO. The van der Waals surface area contributed by atoms with Gasteiger partial charge in [0, 0.05) is 6.04 Å². The third-order valence-corrected chi connectivity index (χ3v) is 4.66. The first-order chi connectivity index (χ1) is 7.52. The Morgan fingerprint density at radius 2 is 1.81 bits per heavy atom. The first kappa shape index (κ1) is 12.4. The summed E-state index contributed by atoms with van der Waals surface area (Å²) in [6.45, 7) is 5.77. The van der Waals surface area contributed by atoms with E-state index < -0.39 is 5.60 Å². The van der Waals surface area contributed by atoms with Gasteiger partial charge in [0.1, 0.15) is 0 Å². The van der Waals surface area contributed by atoms with E-state index in [1.165, 1.54) is 32.1 Å². The first-order valence-electron chi connectivity index (χ1n) is 6.98. The zero-order chi connectivity index (χ0) is 11.6. The Balaban J connectivity index is 2.00. The molecule has 2 heteroatoms. The number of nitrogens with one attached hydrogen (secondary N) is 1. The van der Waals surface area contributed by atoms with Crippen molar-refractivity contribution in [1.82, 2.24) is 5.32 Å². The van der Waals surface area contributed by atoms with Crippen molar-refractivity contribution in [2.24, 2.45) is 5.41 Å². The topological polar surface area (TPSA) is 32.3 Å². The molecule has 2 N–H and O–H groups in total. The lowest BCUT2D eigenvalue weighted by Crippen LogP contribution is -2.52. The van der Waals surface area contributed by atoms with Crippen LogP contribution >= 0.6 is 0 Å². The van der Waals surface area contributed by atoms with Crippen molar-refractivity contribution in [2.45, 2.75) is 76.9 Å². The van der Waals surface area contributed by atoms with Crippen LogP contribution in [-0.4, -0.2) is 23.3 Å². The summed E-state index contributed by atoms with van der Waals surface area (Å²) >= 11 is 0. The molecular weight excluding hydrogens is 198 g/mol. The van der Waals surface area contributed by atoms with Crippen molar-refractivity contribution in [1.29, 1.82) is 0 Å². The highest BCUT2D eigenvalue weighted by Gasteiger charge is 2.40. The Morgan fingerprint density at radius 3 is 2.50 bits per heavy atom. The summed E-state index contributed by atoms with van der Waals surface area (Å²) in [4.78, 5) is 0. The molecule has 2 unspecified atom stereocenters. The molecule has 2 nitrogen and oxygen atoms in total. The molecule has 1 aliphatic carbocycles. The van der Waals surface area contributed by atoms with Gasteiger partial charge in [-0.1, -0.05) is 26.7 Å². The van der Waals surface area contributed by atoms with E-state index in [2.05, 4.69) is 19.2 Å². The number of hydrogen-bond donors (Lipinski definition) is 2. The van der Waals surface area contributed by atoms with Crippen LogP contribution in [0.25, 0.3) is 0 Å². The maximum absolute atomic E-state index is 10.8. The third-order valence-electron chi connectivity index (χ3n) is 4.66. The van der Waals surface area contributed by atoms with Gasteiger partial charge in [0.05, 0.1) is 5.60 Å². The van der Waals surface area contributed by atoms with Crippen LogP contribution in [0.3, 0.4) is 0 Å². The summed E-state index contributed by atoms with van der Waals surface area (Å²) in [6, 6.07) is 0.357. The number of aliphatic hydroxyl groups is 1. The van der Waals surface area contributed by atoms with E-state index in [1.807, 2.05) is 0 Å². The fourth-order valence-corrected chi connectivity index (χ4v) is 3.34. The highest BCUT2D eigenvalue weighted by molar-refractivity contribution is 4.96. The number of rotatable bonds is 1. The van der Waals surface area contributed by atoms with E-state index in [1.54, 1.807) is 0 Å². The van der Waals surface area contributed by atoms with Gasteiger partial charge in [-0.3, -0.25) is 0 Å². The van der Waals surface area contributed by atoms with Crippen molar-refractivity contribution in [3.63, 3.8) is 0 Å². The van der Waals surface area contributed by atoms with Gasteiger partial charge in [0.15, 0.2) is 0 Å². The van der Waals surface area contributed by atoms with Gasteiger partial charge >= 0.3 is 0 Å². The smallest absolute Gasteiger partial charge is 0.0800 e. The Morgan fingerprint density at radius 1 is 1.00 bits per heavy atom. The molecule has 0 bridgehead atoms. The largest absolute Gasteiger partial charge is 0.388 e. The van der Waals surface area contributed by atoms with Crippen LogP contribution in [0.1, 0.15) is 65.2 Å². The van der Waals surface area contributed by atoms with Crippen molar-refractivity contribution >= 4 is 0 Å². The van der Waals surface area contributed by atoms with Gasteiger partial charge in [-0.25, -0.2) is 0 Å². The SMILES string of the molecule is CC1(C)CCCC(O)(C2CCCCN2)CC1. The maximum atomic E-state index is 10.8. The third kappa shape index (κ3) is 2.78.